The van der Waals surface area contributed by atoms with Crippen molar-refractivity contribution in [2.45, 2.75) is 50.4 Å². The van der Waals surface area contributed by atoms with Gasteiger partial charge in [0.2, 0.25) is 17.7 Å². The minimum atomic E-state index is -1.31. The molecule has 3 amide bonds. The lowest BCUT2D eigenvalue weighted by Crippen LogP contribution is -2.57. The molecule has 1 aliphatic heterocycles. The number of carboxylic acid groups (broad SMARTS) is 1. The number of aliphatic hydroxyl groups excluding tert-OH is 1. The molecule has 0 aliphatic carbocycles. The molecule has 0 aromatic heterocycles. The Morgan fingerprint density at radius 2 is 1.81 bits per heavy atom. The molecule has 1 heterocycles. The molecule has 4 unspecified atom stereocenters. The summed E-state index contributed by atoms with van der Waals surface area (Å²) in [6.07, 6.45) is 3.60. The lowest BCUT2D eigenvalue weighted by atomic mass is 10.1. The van der Waals surface area contributed by atoms with Crippen LogP contribution in [0.3, 0.4) is 0 Å². The van der Waals surface area contributed by atoms with Gasteiger partial charge in [0.25, 0.3) is 0 Å². The number of rotatable bonds is 11. The predicted molar refractivity (Wildman–Crippen MR) is 100 cm³/mol. The summed E-state index contributed by atoms with van der Waals surface area (Å²) in [5.41, 5.74) is 0. The van der Waals surface area contributed by atoms with E-state index in [0.29, 0.717) is 12.2 Å². The van der Waals surface area contributed by atoms with Crippen LogP contribution in [0.4, 0.5) is 0 Å². The van der Waals surface area contributed by atoms with Crippen molar-refractivity contribution in [3.63, 3.8) is 0 Å². The van der Waals surface area contributed by atoms with Crippen LogP contribution in [0.5, 0.6) is 0 Å². The van der Waals surface area contributed by atoms with Gasteiger partial charge in [0.15, 0.2) is 0 Å². The van der Waals surface area contributed by atoms with Crippen LogP contribution in [0, 0.1) is 0 Å². The molecule has 11 heteroatoms. The average molecular weight is 404 g/mol. The lowest BCUT2D eigenvalue weighted by Gasteiger charge is -2.22. The van der Waals surface area contributed by atoms with Crippen LogP contribution in [0.15, 0.2) is 0 Å². The van der Waals surface area contributed by atoms with Crippen LogP contribution < -0.4 is 21.3 Å². The lowest BCUT2D eigenvalue weighted by molar-refractivity contribution is -0.142. The molecule has 0 saturated carbocycles. The highest BCUT2D eigenvalue weighted by atomic mass is 32.2. The zero-order chi connectivity index (χ0) is 20.4. The van der Waals surface area contributed by atoms with Crippen molar-refractivity contribution < 1.29 is 29.4 Å². The van der Waals surface area contributed by atoms with Gasteiger partial charge in [0.05, 0.1) is 12.6 Å². The van der Waals surface area contributed by atoms with Gasteiger partial charge in [-0.3, -0.25) is 14.4 Å². The number of carboxylic acids is 1. The fraction of sp³-hybridized carbons (Fsp3) is 0.750. The molecule has 6 N–H and O–H groups in total. The molecular formula is C16H28N4O6S. The van der Waals surface area contributed by atoms with E-state index in [-0.39, 0.29) is 18.4 Å². The van der Waals surface area contributed by atoms with Crippen molar-refractivity contribution in [3.05, 3.63) is 0 Å². The second-order valence-electron chi connectivity index (χ2n) is 6.30. The number of thioether (sulfide) groups is 1. The number of nitrogens with one attached hydrogen (secondary N) is 4. The summed E-state index contributed by atoms with van der Waals surface area (Å²) >= 11 is 1.44. The van der Waals surface area contributed by atoms with Gasteiger partial charge in [-0.25, -0.2) is 4.79 Å². The Bertz CT molecular complexity index is 541. The number of aliphatic carboxylic acids is 1. The maximum absolute atomic E-state index is 12.2. The highest BCUT2D eigenvalue weighted by molar-refractivity contribution is 7.98. The molecule has 0 spiro atoms. The largest absolute Gasteiger partial charge is 0.480 e. The van der Waals surface area contributed by atoms with E-state index in [0.717, 1.165) is 13.0 Å². The molecular weight excluding hydrogens is 376 g/mol. The topological polar surface area (TPSA) is 157 Å². The van der Waals surface area contributed by atoms with Crippen LogP contribution >= 0.6 is 11.8 Å². The minimum absolute atomic E-state index is 0.217. The Morgan fingerprint density at radius 1 is 1.15 bits per heavy atom. The summed E-state index contributed by atoms with van der Waals surface area (Å²) in [7, 11) is 0. The maximum Gasteiger partial charge on any atom is 0.326 e. The van der Waals surface area contributed by atoms with Crippen molar-refractivity contribution in [2.75, 3.05) is 25.2 Å². The van der Waals surface area contributed by atoms with Crippen LogP contribution in [0.25, 0.3) is 0 Å². The summed E-state index contributed by atoms with van der Waals surface area (Å²) < 4.78 is 0. The van der Waals surface area contributed by atoms with Gasteiger partial charge in [-0.15, -0.1) is 0 Å². The van der Waals surface area contributed by atoms with Crippen molar-refractivity contribution in [1.82, 2.24) is 21.3 Å². The third kappa shape index (κ3) is 7.73. The van der Waals surface area contributed by atoms with Crippen LogP contribution in [0.2, 0.25) is 0 Å². The van der Waals surface area contributed by atoms with Gasteiger partial charge in [-0.2, -0.15) is 11.8 Å². The van der Waals surface area contributed by atoms with Crippen LogP contribution in [-0.4, -0.2) is 83.2 Å². The fourth-order valence-electron chi connectivity index (χ4n) is 2.54. The molecule has 1 aliphatic rings. The first kappa shape index (κ1) is 23.2. The summed E-state index contributed by atoms with van der Waals surface area (Å²) in [4.78, 5) is 47.6. The molecule has 0 aromatic carbocycles. The van der Waals surface area contributed by atoms with E-state index in [1.807, 2.05) is 6.26 Å². The molecule has 1 rings (SSSR count). The Balaban J connectivity index is 2.55. The standard InChI is InChI=1S/C16H28N4O6S/c1-9(18-14(23)10-4-3-6-17-10)13(22)20-12(8-21)15(24)19-11(16(25)26)5-7-27-2/h9-12,17,21H,3-8H2,1-2H3,(H,18,23)(H,19,24)(H,20,22)(H,25,26). The number of aliphatic hydroxyl groups is 1. The van der Waals surface area contributed by atoms with E-state index in [4.69, 9.17) is 5.11 Å². The number of amides is 3. The molecule has 154 valence electrons. The summed E-state index contributed by atoms with van der Waals surface area (Å²) in [6, 6.07) is -3.67. The van der Waals surface area contributed by atoms with Gasteiger partial charge in [-0.05, 0) is 44.7 Å². The smallest absolute Gasteiger partial charge is 0.326 e. The van der Waals surface area contributed by atoms with Gasteiger partial charge < -0.3 is 31.5 Å². The molecule has 27 heavy (non-hydrogen) atoms. The molecule has 0 bridgehead atoms. The number of hydrogen-bond donors (Lipinski definition) is 6. The zero-order valence-corrected chi connectivity index (χ0v) is 16.3. The summed E-state index contributed by atoms with van der Waals surface area (Å²) in [5.74, 6) is -2.40. The van der Waals surface area contributed by atoms with Gasteiger partial charge >= 0.3 is 5.97 Å². The first-order chi connectivity index (χ1) is 12.8. The second kappa shape index (κ2) is 11.8. The molecule has 0 aromatic rings. The average Bonchev–Trinajstić information content (AvgIpc) is 3.17. The Hall–Kier alpha value is -1.85. The van der Waals surface area contributed by atoms with Gasteiger partial charge in [0.1, 0.15) is 18.1 Å². The van der Waals surface area contributed by atoms with E-state index in [9.17, 15) is 24.3 Å². The Kier molecular flexibility index (Phi) is 10.1. The number of carbonyl (C=O) groups is 4. The normalized spacial score (nSPS) is 19.6. The molecule has 1 fully saturated rings. The maximum atomic E-state index is 12.2. The van der Waals surface area contributed by atoms with Crippen molar-refractivity contribution in [3.8, 4) is 0 Å². The summed E-state index contributed by atoms with van der Waals surface area (Å²) in [5, 5.41) is 28.7. The monoisotopic (exact) mass is 404 g/mol. The first-order valence-electron chi connectivity index (χ1n) is 8.77. The van der Waals surface area contributed by atoms with Crippen LogP contribution in [0.1, 0.15) is 26.2 Å². The fourth-order valence-corrected chi connectivity index (χ4v) is 3.02. The van der Waals surface area contributed by atoms with Gasteiger partial charge in [0, 0.05) is 0 Å². The van der Waals surface area contributed by atoms with E-state index in [1.54, 1.807) is 0 Å². The Labute approximate surface area is 162 Å². The number of hydrogen-bond acceptors (Lipinski definition) is 7. The summed E-state index contributed by atoms with van der Waals surface area (Å²) in [6.45, 7) is 1.51. The number of carbonyl (C=O) groups excluding carboxylic acids is 3. The Morgan fingerprint density at radius 3 is 2.33 bits per heavy atom. The third-order valence-corrected chi connectivity index (χ3v) is 4.81. The van der Waals surface area contributed by atoms with E-state index < -0.39 is 42.5 Å². The van der Waals surface area contributed by atoms with Crippen molar-refractivity contribution >= 4 is 35.5 Å². The van der Waals surface area contributed by atoms with Gasteiger partial charge in [-0.1, -0.05) is 0 Å². The van der Waals surface area contributed by atoms with Crippen molar-refractivity contribution in [1.29, 1.82) is 0 Å². The quantitative estimate of drug-likeness (QED) is 0.232. The van der Waals surface area contributed by atoms with Crippen molar-refractivity contribution in [2.24, 2.45) is 0 Å². The zero-order valence-electron chi connectivity index (χ0n) is 15.5. The molecule has 4 atom stereocenters. The molecule has 10 nitrogen and oxygen atoms in total. The predicted octanol–water partition coefficient (Wildman–Crippen LogP) is -1.96. The van der Waals surface area contributed by atoms with E-state index >= 15 is 0 Å². The second-order valence-corrected chi connectivity index (χ2v) is 7.29. The first-order valence-corrected chi connectivity index (χ1v) is 10.2. The molecule has 0 radical (unpaired) electrons. The van der Waals surface area contributed by atoms with E-state index in [1.165, 1.54) is 18.7 Å². The minimum Gasteiger partial charge on any atom is -0.480 e. The highest BCUT2D eigenvalue weighted by Crippen LogP contribution is 2.05. The third-order valence-electron chi connectivity index (χ3n) is 4.17. The SMILES string of the molecule is CSCCC(NC(=O)C(CO)NC(=O)C(C)NC(=O)C1CCCN1)C(=O)O. The highest BCUT2D eigenvalue weighted by Gasteiger charge is 2.29. The van der Waals surface area contributed by atoms with Crippen LogP contribution in [-0.2, 0) is 19.2 Å². The molecule has 1 saturated heterocycles. The van der Waals surface area contributed by atoms with E-state index in [2.05, 4.69) is 21.3 Å².